The van der Waals surface area contributed by atoms with Crippen LogP contribution in [0, 0.1) is 6.92 Å². The molecule has 2 aromatic carbocycles. The fourth-order valence-electron chi connectivity index (χ4n) is 2.09. The van der Waals surface area contributed by atoms with Crippen LogP contribution in [0.5, 0.6) is 0 Å². The summed E-state index contributed by atoms with van der Waals surface area (Å²) in [5, 5.41) is 0.500. The van der Waals surface area contributed by atoms with E-state index in [-0.39, 0.29) is 5.91 Å². The van der Waals surface area contributed by atoms with E-state index in [1.807, 2.05) is 38.1 Å². The highest BCUT2D eigenvalue weighted by Crippen LogP contribution is 2.25. The molecule has 104 valence electrons. The zero-order chi connectivity index (χ0) is 14.7. The van der Waals surface area contributed by atoms with Crippen LogP contribution < -0.4 is 10.6 Å². The predicted octanol–water partition coefficient (Wildman–Crippen LogP) is 3.90. The molecule has 0 radical (unpaired) electrons. The average molecular weight is 289 g/mol. The number of nitrogens with two attached hydrogens (primary N) is 1. The van der Waals surface area contributed by atoms with E-state index in [1.165, 1.54) is 0 Å². The van der Waals surface area contributed by atoms with Crippen molar-refractivity contribution in [3.8, 4) is 0 Å². The predicted molar refractivity (Wildman–Crippen MR) is 84.4 cm³/mol. The van der Waals surface area contributed by atoms with Crippen molar-refractivity contribution in [3.63, 3.8) is 0 Å². The van der Waals surface area contributed by atoms with Gasteiger partial charge in [0.1, 0.15) is 0 Å². The van der Waals surface area contributed by atoms with E-state index in [2.05, 4.69) is 0 Å². The first-order valence-electron chi connectivity index (χ1n) is 6.47. The van der Waals surface area contributed by atoms with Crippen LogP contribution in [0.3, 0.4) is 0 Å². The minimum atomic E-state index is -0.119. The van der Waals surface area contributed by atoms with Crippen molar-refractivity contribution in [1.29, 1.82) is 0 Å². The second kappa shape index (κ2) is 5.97. The van der Waals surface area contributed by atoms with E-state index in [4.69, 9.17) is 17.3 Å². The van der Waals surface area contributed by atoms with Crippen molar-refractivity contribution in [2.75, 3.05) is 17.2 Å². The van der Waals surface area contributed by atoms with Gasteiger partial charge in [-0.1, -0.05) is 29.8 Å². The molecule has 0 aliphatic carbocycles. The van der Waals surface area contributed by atoms with E-state index in [9.17, 15) is 4.79 Å². The van der Waals surface area contributed by atoms with Gasteiger partial charge in [0, 0.05) is 17.9 Å². The highest BCUT2D eigenvalue weighted by atomic mass is 35.5. The Morgan fingerprint density at radius 2 is 1.95 bits per heavy atom. The third-order valence-corrected chi connectivity index (χ3v) is 3.67. The molecule has 0 saturated carbocycles. The Morgan fingerprint density at radius 3 is 2.60 bits per heavy atom. The minimum absolute atomic E-state index is 0.119. The van der Waals surface area contributed by atoms with Crippen LogP contribution >= 0.6 is 11.6 Å². The molecule has 2 aromatic rings. The number of benzene rings is 2. The topological polar surface area (TPSA) is 46.3 Å². The quantitative estimate of drug-likeness (QED) is 0.871. The number of anilines is 2. The van der Waals surface area contributed by atoms with E-state index < -0.39 is 0 Å². The van der Waals surface area contributed by atoms with Crippen molar-refractivity contribution in [2.24, 2.45) is 0 Å². The third kappa shape index (κ3) is 2.78. The Bertz CT molecular complexity index is 640. The van der Waals surface area contributed by atoms with Gasteiger partial charge in [-0.15, -0.1) is 0 Å². The van der Waals surface area contributed by atoms with Gasteiger partial charge in [0.2, 0.25) is 0 Å². The van der Waals surface area contributed by atoms with Gasteiger partial charge in [0.05, 0.1) is 10.6 Å². The number of hydrogen-bond acceptors (Lipinski definition) is 2. The number of nitrogen functional groups attached to an aromatic ring is 1. The zero-order valence-electron chi connectivity index (χ0n) is 11.6. The molecule has 0 spiro atoms. The van der Waals surface area contributed by atoms with Crippen molar-refractivity contribution >= 4 is 28.9 Å². The fraction of sp³-hybridized carbons (Fsp3) is 0.188. The molecule has 0 aliphatic heterocycles. The van der Waals surface area contributed by atoms with Crippen LogP contribution in [0.1, 0.15) is 22.8 Å². The third-order valence-electron chi connectivity index (χ3n) is 3.17. The van der Waals surface area contributed by atoms with Crippen molar-refractivity contribution in [2.45, 2.75) is 13.8 Å². The number of amides is 1. The highest BCUT2D eigenvalue weighted by Gasteiger charge is 2.19. The Labute approximate surface area is 124 Å². The average Bonchev–Trinajstić information content (AvgIpc) is 2.42. The summed E-state index contributed by atoms with van der Waals surface area (Å²) in [6.45, 7) is 4.35. The minimum Gasteiger partial charge on any atom is -0.399 e. The first kappa shape index (κ1) is 14.4. The summed E-state index contributed by atoms with van der Waals surface area (Å²) >= 11 is 6.24. The molecular weight excluding hydrogens is 272 g/mol. The number of carbonyl (C=O) groups excluding carboxylic acids is 1. The Hall–Kier alpha value is -2.00. The maximum absolute atomic E-state index is 12.7. The monoisotopic (exact) mass is 288 g/mol. The fourth-order valence-corrected chi connectivity index (χ4v) is 2.30. The summed E-state index contributed by atoms with van der Waals surface area (Å²) in [5.41, 5.74) is 8.58. The first-order valence-corrected chi connectivity index (χ1v) is 6.85. The summed E-state index contributed by atoms with van der Waals surface area (Å²) in [7, 11) is 0. The lowest BCUT2D eigenvalue weighted by atomic mass is 10.1. The lowest BCUT2D eigenvalue weighted by Gasteiger charge is -2.22. The van der Waals surface area contributed by atoms with Crippen LogP contribution in [0.15, 0.2) is 42.5 Å². The molecule has 2 rings (SSSR count). The molecular formula is C16H17ClN2O. The van der Waals surface area contributed by atoms with Gasteiger partial charge in [-0.2, -0.15) is 0 Å². The van der Waals surface area contributed by atoms with Crippen LogP contribution in [-0.2, 0) is 0 Å². The molecule has 0 bridgehead atoms. The van der Waals surface area contributed by atoms with E-state index in [1.54, 1.807) is 23.1 Å². The maximum atomic E-state index is 12.7. The standard InChI is InChI=1S/C16H17ClN2O/c1-3-19(13-8-5-7-12(18)10-13)16(20)14-9-4-6-11(2)15(14)17/h4-10H,3,18H2,1-2H3. The first-order chi connectivity index (χ1) is 9.54. The number of aryl methyl sites for hydroxylation is 1. The number of hydrogen-bond donors (Lipinski definition) is 1. The lowest BCUT2D eigenvalue weighted by molar-refractivity contribution is 0.0988. The summed E-state index contributed by atoms with van der Waals surface area (Å²) < 4.78 is 0. The maximum Gasteiger partial charge on any atom is 0.259 e. The lowest BCUT2D eigenvalue weighted by Crippen LogP contribution is -2.31. The zero-order valence-corrected chi connectivity index (χ0v) is 12.3. The van der Waals surface area contributed by atoms with Gasteiger partial charge >= 0.3 is 0 Å². The van der Waals surface area contributed by atoms with Crippen molar-refractivity contribution in [3.05, 3.63) is 58.6 Å². The molecule has 1 amide bonds. The van der Waals surface area contributed by atoms with Crippen LogP contribution in [0.4, 0.5) is 11.4 Å². The SMILES string of the molecule is CCN(C(=O)c1cccc(C)c1Cl)c1cccc(N)c1. The van der Waals surface area contributed by atoms with Crippen LogP contribution in [0.2, 0.25) is 5.02 Å². The molecule has 0 atom stereocenters. The molecule has 0 fully saturated rings. The van der Waals surface area contributed by atoms with Gasteiger partial charge in [0.15, 0.2) is 0 Å². The van der Waals surface area contributed by atoms with Gasteiger partial charge in [0.25, 0.3) is 5.91 Å². The molecule has 3 nitrogen and oxygen atoms in total. The smallest absolute Gasteiger partial charge is 0.259 e. The number of rotatable bonds is 3. The molecule has 0 unspecified atom stereocenters. The largest absolute Gasteiger partial charge is 0.399 e. The molecule has 0 saturated heterocycles. The van der Waals surface area contributed by atoms with Gasteiger partial charge < -0.3 is 10.6 Å². The Kier molecular flexibility index (Phi) is 4.30. The molecule has 2 N–H and O–H groups in total. The van der Waals surface area contributed by atoms with E-state index >= 15 is 0 Å². The van der Waals surface area contributed by atoms with Crippen molar-refractivity contribution in [1.82, 2.24) is 0 Å². The molecule has 20 heavy (non-hydrogen) atoms. The van der Waals surface area contributed by atoms with Crippen LogP contribution in [0.25, 0.3) is 0 Å². The van der Waals surface area contributed by atoms with E-state index in [0.29, 0.717) is 22.8 Å². The molecule has 0 heterocycles. The van der Waals surface area contributed by atoms with Crippen molar-refractivity contribution < 1.29 is 4.79 Å². The van der Waals surface area contributed by atoms with Gasteiger partial charge in [-0.3, -0.25) is 4.79 Å². The number of halogens is 1. The summed E-state index contributed by atoms with van der Waals surface area (Å²) in [5.74, 6) is -0.119. The molecule has 0 aliphatic rings. The summed E-state index contributed by atoms with van der Waals surface area (Å²) in [6.07, 6.45) is 0. The Morgan fingerprint density at radius 1 is 1.25 bits per heavy atom. The van der Waals surface area contributed by atoms with E-state index in [0.717, 1.165) is 11.3 Å². The second-order valence-corrected chi connectivity index (χ2v) is 4.96. The highest BCUT2D eigenvalue weighted by molar-refractivity contribution is 6.35. The number of nitrogens with zero attached hydrogens (tertiary/aromatic N) is 1. The Balaban J connectivity index is 2.42. The summed E-state index contributed by atoms with van der Waals surface area (Å²) in [4.78, 5) is 14.3. The number of carbonyl (C=O) groups is 1. The normalized spacial score (nSPS) is 10.3. The van der Waals surface area contributed by atoms with Gasteiger partial charge in [-0.05, 0) is 43.7 Å². The van der Waals surface area contributed by atoms with Crippen LogP contribution in [-0.4, -0.2) is 12.5 Å². The second-order valence-electron chi connectivity index (χ2n) is 4.58. The molecule has 0 aromatic heterocycles. The van der Waals surface area contributed by atoms with Gasteiger partial charge in [-0.25, -0.2) is 0 Å². The summed E-state index contributed by atoms with van der Waals surface area (Å²) in [6, 6.07) is 12.7. The molecule has 4 heteroatoms.